The van der Waals surface area contributed by atoms with Crippen molar-refractivity contribution in [1.29, 1.82) is 0 Å². The van der Waals surface area contributed by atoms with Crippen LogP contribution in [0.1, 0.15) is 35.5 Å². The summed E-state index contributed by atoms with van der Waals surface area (Å²) in [6.07, 6.45) is 1.92. The van der Waals surface area contributed by atoms with Gasteiger partial charge in [-0.1, -0.05) is 13.0 Å². The van der Waals surface area contributed by atoms with Crippen molar-refractivity contribution in [3.63, 3.8) is 0 Å². The number of thiazole rings is 1. The third-order valence-electron chi connectivity index (χ3n) is 4.70. The topological polar surface area (TPSA) is 61.8 Å². The summed E-state index contributed by atoms with van der Waals surface area (Å²) >= 11 is 3.56. The minimum Gasteiger partial charge on any atom is -0.379 e. The number of aliphatic imine (C=N–C) groups is 1. The predicted molar refractivity (Wildman–Crippen MR) is 119 cm³/mol. The Labute approximate surface area is 176 Å². The van der Waals surface area contributed by atoms with Crippen LogP contribution in [0.2, 0.25) is 0 Å². The lowest BCUT2D eigenvalue weighted by molar-refractivity contribution is 0.0186. The first-order valence-corrected chi connectivity index (χ1v) is 11.9. The molecular weight excluding hydrogens is 390 g/mol. The average Bonchev–Trinajstić information content (AvgIpc) is 3.41. The predicted octanol–water partition coefficient (Wildman–Crippen LogP) is 2.94. The molecule has 2 aromatic heterocycles. The van der Waals surface area contributed by atoms with Crippen molar-refractivity contribution >= 4 is 28.6 Å². The van der Waals surface area contributed by atoms with Crippen LogP contribution >= 0.6 is 22.7 Å². The quantitative estimate of drug-likeness (QED) is 0.482. The van der Waals surface area contributed by atoms with Crippen LogP contribution in [0, 0.1) is 0 Å². The Morgan fingerprint density at radius 3 is 2.82 bits per heavy atom. The summed E-state index contributed by atoms with van der Waals surface area (Å²) in [5.41, 5.74) is 1.16. The van der Waals surface area contributed by atoms with Crippen LogP contribution in [0.4, 0.5) is 0 Å². The molecule has 1 aliphatic rings. The molecule has 0 amide bonds. The van der Waals surface area contributed by atoms with Gasteiger partial charge < -0.3 is 15.4 Å². The lowest BCUT2D eigenvalue weighted by Gasteiger charge is -2.33. The minimum absolute atomic E-state index is 0.310. The van der Waals surface area contributed by atoms with Crippen molar-refractivity contribution in [1.82, 2.24) is 20.5 Å². The first-order chi connectivity index (χ1) is 13.8. The number of hydrogen-bond donors (Lipinski definition) is 2. The van der Waals surface area contributed by atoms with E-state index < -0.39 is 0 Å². The molecule has 0 bridgehead atoms. The number of aryl methyl sites for hydroxylation is 1. The number of rotatable bonds is 9. The summed E-state index contributed by atoms with van der Waals surface area (Å²) in [6.45, 7) is 10.2. The van der Waals surface area contributed by atoms with Gasteiger partial charge in [0.1, 0.15) is 0 Å². The Balaban J connectivity index is 1.58. The molecule has 0 radical (unpaired) electrons. The second-order valence-electron chi connectivity index (χ2n) is 6.66. The molecule has 8 heteroatoms. The molecule has 2 aromatic rings. The van der Waals surface area contributed by atoms with Crippen molar-refractivity contribution in [3.8, 4) is 0 Å². The molecule has 3 rings (SSSR count). The minimum atomic E-state index is 0.310. The van der Waals surface area contributed by atoms with E-state index in [-0.39, 0.29) is 0 Å². The molecule has 0 saturated carbocycles. The summed E-state index contributed by atoms with van der Waals surface area (Å²) in [5, 5.41) is 12.4. The van der Waals surface area contributed by atoms with Gasteiger partial charge in [-0.3, -0.25) is 9.89 Å². The lowest BCUT2D eigenvalue weighted by atomic mass is 10.2. The van der Waals surface area contributed by atoms with Crippen LogP contribution in [0.3, 0.4) is 0 Å². The molecule has 0 aliphatic carbocycles. The maximum atomic E-state index is 5.53. The van der Waals surface area contributed by atoms with Gasteiger partial charge in [0.05, 0.1) is 36.5 Å². The van der Waals surface area contributed by atoms with E-state index >= 15 is 0 Å². The van der Waals surface area contributed by atoms with Crippen molar-refractivity contribution < 1.29 is 4.74 Å². The summed E-state index contributed by atoms with van der Waals surface area (Å²) in [6, 6.07) is 4.65. The summed E-state index contributed by atoms with van der Waals surface area (Å²) in [7, 11) is 0. The number of ether oxygens (including phenoxy) is 1. The molecule has 2 N–H and O–H groups in total. The van der Waals surface area contributed by atoms with E-state index in [2.05, 4.69) is 57.3 Å². The van der Waals surface area contributed by atoms with Gasteiger partial charge in [0, 0.05) is 42.9 Å². The third kappa shape index (κ3) is 6.27. The zero-order chi connectivity index (χ0) is 19.6. The number of guanidine groups is 1. The van der Waals surface area contributed by atoms with Gasteiger partial charge >= 0.3 is 0 Å². The van der Waals surface area contributed by atoms with Crippen LogP contribution < -0.4 is 10.6 Å². The molecule has 6 nitrogen and oxygen atoms in total. The maximum Gasteiger partial charge on any atom is 0.191 e. The van der Waals surface area contributed by atoms with Crippen LogP contribution in [0.5, 0.6) is 0 Å². The molecule has 0 aromatic carbocycles. The first kappa shape index (κ1) is 21.2. The highest BCUT2D eigenvalue weighted by Crippen LogP contribution is 2.26. The van der Waals surface area contributed by atoms with Gasteiger partial charge in [0.25, 0.3) is 0 Å². The van der Waals surface area contributed by atoms with Crippen molar-refractivity contribution in [3.05, 3.63) is 38.5 Å². The largest absolute Gasteiger partial charge is 0.379 e. The monoisotopic (exact) mass is 421 g/mol. The van der Waals surface area contributed by atoms with Gasteiger partial charge in [0.15, 0.2) is 5.96 Å². The second kappa shape index (κ2) is 11.5. The van der Waals surface area contributed by atoms with E-state index in [4.69, 9.17) is 9.73 Å². The lowest BCUT2D eigenvalue weighted by Crippen LogP contribution is -2.42. The normalized spacial score (nSPS) is 16.9. The Morgan fingerprint density at radius 1 is 1.29 bits per heavy atom. The van der Waals surface area contributed by atoms with Crippen LogP contribution in [-0.2, 0) is 17.6 Å². The number of nitrogens with one attached hydrogen (secondary N) is 2. The van der Waals surface area contributed by atoms with E-state index in [1.807, 2.05) is 11.3 Å². The van der Waals surface area contributed by atoms with E-state index in [9.17, 15) is 0 Å². The SMILES string of the molecule is CCNC(=NCC(c1cccs1)N1CCOCC1)NCCc1csc(CC)n1. The second-order valence-corrected chi connectivity index (χ2v) is 8.58. The zero-order valence-corrected chi connectivity index (χ0v) is 18.5. The summed E-state index contributed by atoms with van der Waals surface area (Å²) < 4.78 is 5.53. The number of morpholine rings is 1. The van der Waals surface area contributed by atoms with Crippen LogP contribution in [0.25, 0.3) is 0 Å². The Hall–Kier alpha value is -1.48. The molecule has 1 unspecified atom stereocenters. The first-order valence-electron chi connectivity index (χ1n) is 10.1. The van der Waals surface area contributed by atoms with E-state index in [1.54, 1.807) is 11.3 Å². The number of aromatic nitrogens is 1. The third-order valence-corrected chi connectivity index (χ3v) is 6.72. The summed E-state index contributed by atoms with van der Waals surface area (Å²) in [4.78, 5) is 13.4. The molecule has 1 atom stereocenters. The van der Waals surface area contributed by atoms with Gasteiger partial charge in [-0.15, -0.1) is 22.7 Å². The molecule has 28 heavy (non-hydrogen) atoms. The highest BCUT2D eigenvalue weighted by Gasteiger charge is 2.23. The molecular formula is C20H31N5OS2. The molecule has 1 saturated heterocycles. The van der Waals surface area contributed by atoms with Gasteiger partial charge in [-0.05, 0) is 24.8 Å². The fourth-order valence-corrected chi connectivity index (χ4v) is 4.84. The molecule has 1 fully saturated rings. The van der Waals surface area contributed by atoms with Crippen LogP contribution in [0.15, 0.2) is 27.9 Å². The highest BCUT2D eigenvalue weighted by molar-refractivity contribution is 7.10. The van der Waals surface area contributed by atoms with Crippen molar-refractivity contribution in [2.75, 3.05) is 45.9 Å². The smallest absolute Gasteiger partial charge is 0.191 e. The number of thiophene rings is 1. The van der Waals surface area contributed by atoms with E-state index in [1.165, 1.54) is 9.88 Å². The summed E-state index contributed by atoms with van der Waals surface area (Å²) in [5.74, 6) is 0.878. The average molecular weight is 422 g/mol. The van der Waals surface area contributed by atoms with Crippen LogP contribution in [-0.4, -0.2) is 61.8 Å². The van der Waals surface area contributed by atoms with E-state index in [0.717, 1.165) is 70.4 Å². The molecule has 3 heterocycles. The molecule has 1 aliphatic heterocycles. The van der Waals surface area contributed by atoms with Crippen molar-refractivity contribution in [2.24, 2.45) is 4.99 Å². The Morgan fingerprint density at radius 2 is 2.14 bits per heavy atom. The number of hydrogen-bond acceptors (Lipinski definition) is 6. The fourth-order valence-electron chi connectivity index (χ4n) is 3.21. The van der Waals surface area contributed by atoms with Crippen molar-refractivity contribution in [2.45, 2.75) is 32.7 Å². The fraction of sp³-hybridized carbons (Fsp3) is 0.600. The van der Waals surface area contributed by atoms with Gasteiger partial charge in [0.2, 0.25) is 0 Å². The standard InChI is InChI=1S/C20H31N5OS2/c1-3-19-24-16(15-28-19)7-8-22-20(21-4-2)23-14-17(18-6-5-13-27-18)25-9-11-26-12-10-25/h5-6,13,15,17H,3-4,7-12,14H2,1-2H3,(H2,21,22,23). The molecule has 0 spiro atoms. The van der Waals surface area contributed by atoms with Gasteiger partial charge in [-0.25, -0.2) is 4.98 Å². The molecule has 154 valence electrons. The maximum absolute atomic E-state index is 5.53. The van der Waals surface area contributed by atoms with E-state index in [0.29, 0.717) is 6.04 Å². The number of nitrogens with zero attached hydrogens (tertiary/aromatic N) is 3. The highest BCUT2D eigenvalue weighted by atomic mass is 32.1. The Kier molecular flexibility index (Phi) is 8.72. The van der Waals surface area contributed by atoms with Gasteiger partial charge in [-0.2, -0.15) is 0 Å². The Bertz CT molecular complexity index is 710. The zero-order valence-electron chi connectivity index (χ0n) is 16.8.